The number of H-pyrrole nitrogens is 1. The largest absolute Gasteiger partial charge is 0.491 e. The molecular formula is C28H25F2N5O3. The lowest BCUT2D eigenvalue weighted by Gasteiger charge is -2.38. The molecule has 1 saturated heterocycles. The molecule has 0 radical (unpaired) electrons. The lowest BCUT2D eigenvalue weighted by molar-refractivity contribution is -0.122. The number of imidazole rings is 1. The number of nitrogens with two attached hydrogens (primary N) is 1. The van der Waals surface area contributed by atoms with Crippen molar-refractivity contribution in [1.29, 1.82) is 0 Å². The number of hydrogen-bond acceptors (Lipinski definition) is 5. The minimum Gasteiger partial charge on any atom is -0.491 e. The summed E-state index contributed by atoms with van der Waals surface area (Å²) < 4.78 is 33.5. The molecular weight excluding hydrogens is 492 g/mol. The van der Waals surface area contributed by atoms with E-state index in [2.05, 4.69) is 9.97 Å². The molecule has 4 aromatic rings. The van der Waals surface area contributed by atoms with Gasteiger partial charge in [-0.05, 0) is 53.1 Å². The van der Waals surface area contributed by atoms with Crippen molar-refractivity contribution in [3.8, 4) is 16.9 Å². The van der Waals surface area contributed by atoms with Gasteiger partial charge in [0.15, 0.2) is 17.6 Å². The zero-order valence-electron chi connectivity index (χ0n) is 20.4. The summed E-state index contributed by atoms with van der Waals surface area (Å²) in [6.45, 7) is 1.16. The van der Waals surface area contributed by atoms with E-state index in [4.69, 9.17) is 10.5 Å². The highest BCUT2D eigenvalue weighted by atomic mass is 19.2. The second-order valence-corrected chi connectivity index (χ2v) is 9.60. The maximum Gasteiger partial charge on any atom is 0.320 e. The van der Waals surface area contributed by atoms with Crippen molar-refractivity contribution >= 4 is 28.8 Å². The van der Waals surface area contributed by atoms with Crippen LogP contribution in [0.4, 0.5) is 19.5 Å². The second kappa shape index (κ2) is 9.44. The summed E-state index contributed by atoms with van der Waals surface area (Å²) in [7, 11) is 0. The Bertz CT molecular complexity index is 1570. The van der Waals surface area contributed by atoms with Crippen LogP contribution in [0, 0.1) is 11.6 Å². The number of ether oxygens (including phenoxy) is 1. The number of carbonyl (C=O) groups is 2. The van der Waals surface area contributed by atoms with Crippen LogP contribution in [-0.4, -0.2) is 51.3 Å². The molecule has 0 bridgehead atoms. The number of hydrogen-bond donors (Lipinski definition) is 2. The van der Waals surface area contributed by atoms with Gasteiger partial charge in [-0.25, -0.2) is 18.6 Å². The van der Waals surface area contributed by atoms with Crippen molar-refractivity contribution in [2.45, 2.75) is 25.4 Å². The molecule has 2 amide bonds. The number of Topliss-reactive ketones (excluding diaryl/α,β-unsaturated/α-hetero) is 1. The quantitative estimate of drug-likeness (QED) is 0.397. The number of fused-ring (bicyclic) bond motifs is 2. The van der Waals surface area contributed by atoms with Crippen LogP contribution in [0.1, 0.15) is 30.0 Å². The number of benzene rings is 3. The highest BCUT2D eigenvalue weighted by Gasteiger charge is 2.35. The van der Waals surface area contributed by atoms with Gasteiger partial charge in [-0.2, -0.15) is 0 Å². The van der Waals surface area contributed by atoms with E-state index in [0.717, 1.165) is 39.9 Å². The minimum absolute atomic E-state index is 0.0195. The number of piperidine rings is 1. The Morgan fingerprint density at radius 2 is 1.84 bits per heavy atom. The highest BCUT2D eigenvalue weighted by Crippen LogP contribution is 2.34. The van der Waals surface area contributed by atoms with Gasteiger partial charge in [0, 0.05) is 24.9 Å². The molecule has 3 aromatic carbocycles. The molecule has 3 heterocycles. The number of rotatable bonds is 2. The van der Waals surface area contributed by atoms with Gasteiger partial charge in [0.25, 0.3) is 0 Å². The number of halogens is 2. The monoisotopic (exact) mass is 517 g/mol. The first-order chi connectivity index (χ1) is 18.4. The number of aromatic nitrogens is 2. The molecule has 1 unspecified atom stereocenters. The predicted molar refractivity (Wildman–Crippen MR) is 137 cm³/mol. The van der Waals surface area contributed by atoms with Crippen LogP contribution < -0.4 is 10.5 Å². The third kappa shape index (κ3) is 4.42. The van der Waals surface area contributed by atoms with E-state index in [1.807, 2.05) is 36.4 Å². The molecule has 0 aliphatic carbocycles. The first kappa shape index (κ1) is 23.9. The highest BCUT2D eigenvalue weighted by molar-refractivity contribution is 5.85. The third-order valence-corrected chi connectivity index (χ3v) is 7.15. The van der Waals surface area contributed by atoms with Gasteiger partial charge >= 0.3 is 6.03 Å². The van der Waals surface area contributed by atoms with E-state index in [-0.39, 0.29) is 31.2 Å². The molecule has 38 heavy (non-hydrogen) atoms. The number of amides is 2. The van der Waals surface area contributed by atoms with Crippen LogP contribution in [0.25, 0.3) is 22.2 Å². The fourth-order valence-electron chi connectivity index (χ4n) is 5.20. The van der Waals surface area contributed by atoms with Crippen molar-refractivity contribution in [1.82, 2.24) is 19.8 Å². The van der Waals surface area contributed by atoms with Gasteiger partial charge in [0.05, 0.1) is 30.2 Å². The Balaban J connectivity index is 1.28. The summed E-state index contributed by atoms with van der Waals surface area (Å²) in [6.07, 6.45) is 0.278. The zero-order valence-corrected chi connectivity index (χ0v) is 20.4. The molecule has 8 nitrogen and oxygen atoms in total. The van der Waals surface area contributed by atoms with Gasteiger partial charge in [-0.1, -0.05) is 18.2 Å². The Morgan fingerprint density at radius 3 is 2.68 bits per heavy atom. The molecule has 0 spiro atoms. The van der Waals surface area contributed by atoms with Crippen LogP contribution in [0.2, 0.25) is 0 Å². The lowest BCUT2D eigenvalue weighted by Crippen LogP contribution is -2.48. The van der Waals surface area contributed by atoms with E-state index in [9.17, 15) is 18.4 Å². The SMILES string of the molecule is Nc1nc2ccc(-c3ccc4c(c3)CN(C(=O)N3CCC(=O)CC3c3ccc(F)c(F)c3)CCO4)cc2[nH]1. The van der Waals surface area contributed by atoms with Crippen LogP contribution in [0.15, 0.2) is 54.6 Å². The minimum atomic E-state index is -1.01. The Labute approximate surface area is 217 Å². The van der Waals surface area contributed by atoms with Crippen molar-refractivity contribution in [3.05, 3.63) is 77.4 Å². The van der Waals surface area contributed by atoms with E-state index in [0.29, 0.717) is 37.0 Å². The van der Waals surface area contributed by atoms with E-state index < -0.39 is 17.7 Å². The van der Waals surface area contributed by atoms with Crippen LogP contribution in [-0.2, 0) is 11.3 Å². The Morgan fingerprint density at radius 1 is 1.03 bits per heavy atom. The summed E-state index contributed by atoms with van der Waals surface area (Å²) in [5.41, 5.74) is 10.5. The molecule has 2 aliphatic heterocycles. The van der Waals surface area contributed by atoms with E-state index >= 15 is 0 Å². The first-order valence-electron chi connectivity index (χ1n) is 12.4. The smallest absolute Gasteiger partial charge is 0.320 e. The first-order valence-corrected chi connectivity index (χ1v) is 12.4. The molecule has 3 N–H and O–H groups in total. The number of likely N-dealkylation sites (tertiary alicyclic amines) is 1. The van der Waals surface area contributed by atoms with Gasteiger partial charge < -0.3 is 25.3 Å². The summed E-state index contributed by atoms with van der Waals surface area (Å²) in [6, 6.07) is 14.3. The number of anilines is 1. The molecule has 10 heteroatoms. The number of carbonyl (C=O) groups excluding carboxylic acids is 2. The van der Waals surface area contributed by atoms with Crippen molar-refractivity contribution in [3.63, 3.8) is 0 Å². The summed E-state index contributed by atoms with van der Waals surface area (Å²) in [5.74, 6) is -0.951. The average molecular weight is 518 g/mol. The molecule has 2 aliphatic rings. The number of nitrogens with zero attached hydrogens (tertiary/aromatic N) is 3. The van der Waals surface area contributed by atoms with Crippen molar-refractivity contribution in [2.24, 2.45) is 0 Å². The lowest BCUT2D eigenvalue weighted by atomic mass is 9.94. The number of ketones is 1. The van der Waals surface area contributed by atoms with Crippen LogP contribution >= 0.6 is 0 Å². The topological polar surface area (TPSA) is 105 Å². The second-order valence-electron chi connectivity index (χ2n) is 9.60. The number of nitrogens with one attached hydrogen (secondary N) is 1. The van der Waals surface area contributed by atoms with Crippen LogP contribution in [0.5, 0.6) is 5.75 Å². The van der Waals surface area contributed by atoms with E-state index in [1.54, 1.807) is 9.80 Å². The Kier molecular flexibility index (Phi) is 5.94. The molecule has 6 rings (SSSR count). The van der Waals surface area contributed by atoms with E-state index in [1.165, 1.54) is 6.07 Å². The summed E-state index contributed by atoms with van der Waals surface area (Å²) >= 11 is 0. The summed E-state index contributed by atoms with van der Waals surface area (Å²) in [5, 5.41) is 0. The maximum atomic E-state index is 14.0. The standard InChI is InChI=1S/C28H25F2N5O3/c29-21-4-1-18(12-22(21)30)25-14-20(36)7-8-35(25)28(37)34-9-10-38-26-6-3-16(11-19(26)15-34)17-2-5-23-24(13-17)33-27(31)32-23/h1-6,11-13,25H,7-10,14-15H2,(H3,31,32,33). The molecule has 0 saturated carbocycles. The number of urea groups is 1. The van der Waals surface area contributed by atoms with Crippen LogP contribution in [0.3, 0.4) is 0 Å². The average Bonchev–Trinajstić information content (AvgIpc) is 3.15. The third-order valence-electron chi connectivity index (χ3n) is 7.15. The Hall–Kier alpha value is -4.47. The van der Waals surface area contributed by atoms with Gasteiger partial charge in [-0.15, -0.1) is 0 Å². The predicted octanol–water partition coefficient (Wildman–Crippen LogP) is 4.81. The normalized spacial score (nSPS) is 17.7. The maximum absolute atomic E-state index is 14.0. The van der Waals surface area contributed by atoms with Gasteiger partial charge in [-0.3, -0.25) is 4.79 Å². The van der Waals surface area contributed by atoms with Gasteiger partial charge in [0.1, 0.15) is 18.1 Å². The summed E-state index contributed by atoms with van der Waals surface area (Å²) in [4.78, 5) is 36.6. The number of nitrogen functional groups attached to an aromatic ring is 1. The number of aromatic amines is 1. The molecule has 1 atom stereocenters. The van der Waals surface area contributed by atoms with Gasteiger partial charge in [0.2, 0.25) is 0 Å². The van der Waals surface area contributed by atoms with Crippen molar-refractivity contribution in [2.75, 3.05) is 25.4 Å². The zero-order chi connectivity index (χ0) is 26.4. The van der Waals surface area contributed by atoms with Crippen molar-refractivity contribution < 1.29 is 23.1 Å². The molecule has 1 fully saturated rings. The molecule has 194 valence electrons. The molecule has 1 aromatic heterocycles. The fourth-order valence-corrected chi connectivity index (χ4v) is 5.20. The fraction of sp³-hybridized carbons (Fsp3) is 0.250.